The van der Waals surface area contributed by atoms with Crippen LogP contribution in [0.3, 0.4) is 0 Å². The van der Waals surface area contributed by atoms with Crippen LogP contribution in [0.5, 0.6) is 5.75 Å². The predicted octanol–water partition coefficient (Wildman–Crippen LogP) is 2.40. The molecule has 0 bridgehead atoms. The van der Waals surface area contributed by atoms with E-state index in [4.69, 9.17) is 4.74 Å². The number of pyridine rings is 1. The van der Waals surface area contributed by atoms with Gasteiger partial charge in [0.1, 0.15) is 5.75 Å². The summed E-state index contributed by atoms with van der Waals surface area (Å²) in [6.07, 6.45) is 3.26. The second-order valence-corrected chi connectivity index (χ2v) is 4.68. The Labute approximate surface area is 124 Å². The molecule has 1 heterocycles. The summed E-state index contributed by atoms with van der Waals surface area (Å²) in [7, 11) is 5.18. The van der Waals surface area contributed by atoms with E-state index in [-0.39, 0.29) is 5.91 Å². The molecule has 0 unspecified atom stereocenters. The first kappa shape index (κ1) is 14.8. The first-order chi connectivity index (χ1) is 10.2. The summed E-state index contributed by atoms with van der Waals surface area (Å²) < 4.78 is 5.20. The van der Waals surface area contributed by atoms with Crippen LogP contribution in [-0.4, -0.2) is 37.0 Å². The van der Waals surface area contributed by atoms with Crippen molar-refractivity contribution in [2.75, 3.05) is 26.5 Å². The minimum Gasteiger partial charge on any atom is -0.497 e. The molecule has 0 radical (unpaired) electrons. The van der Waals surface area contributed by atoms with Gasteiger partial charge in [-0.3, -0.25) is 9.78 Å². The second kappa shape index (κ2) is 6.74. The third-order valence-electron chi connectivity index (χ3n) is 3.22. The van der Waals surface area contributed by atoms with Gasteiger partial charge in [-0.05, 0) is 23.8 Å². The summed E-state index contributed by atoms with van der Waals surface area (Å²) in [5.41, 5.74) is 2.35. The van der Waals surface area contributed by atoms with Gasteiger partial charge in [-0.25, -0.2) is 0 Å². The Kier molecular flexibility index (Phi) is 4.77. The van der Waals surface area contributed by atoms with Gasteiger partial charge in [0.2, 0.25) is 0 Å². The van der Waals surface area contributed by atoms with E-state index in [1.165, 1.54) is 0 Å². The van der Waals surface area contributed by atoms with Crippen molar-refractivity contribution in [1.29, 1.82) is 0 Å². The third kappa shape index (κ3) is 3.51. The molecule has 0 saturated carbocycles. The van der Waals surface area contributed by atoms with E-state index in [0.29, 0.717) is 12.1 Å². The molecule has 1 aromatic heterocycles. The quantitative estimate of drug-likeness (QED) is 0.916. The minimum absolute atomic E-state index is 0.0513. The molecule has 1 aromatic carbocycles. The van der Waals surface area contributed by atoms with Crippen molar-refractivity contribution >= 4 is 11.6 Å². The summed E-state index contributed by atoms with van der Waals surface area (Å²) in [6, 6.07) is 9.41. The molecule has 0 aliphatic rings. The number of carbonyl (C=O) groups is 1. The number of nitrogens with one attached hydrogen (secondary N) is 1. The molecule has 21 heavy (non-hydrogen) atoms. The minimum atomic E-state index is -0.0513. The average molecular weight is 285 g/mol. The molecular weight excluding hydrogens is 266 g/mol. The number of ether oxygens (including phenoxy) is 1. The Balaban J connectivity index is 2.15. The summed E-state index contributed by atoms with van der Waals surface area (Å²) in [5.74, 6) is 0.734. The lowest BCUT2D eigenvalue weighted by Gasteiger charge is -2.19. The fourth-order valence-electron chi connectivity index (χ4n) is 2.10. The first-order valence-corrected chi connectivity index (χ1v) is 6.66. The molecule has 0 atom stereocenters. The van der Waals surface area contributed by atoms with Crippen molar-refractivity contribution in [3.63, 3.8) is 0 Å². The molecule has 110 valence electrons. The van der Waals surface area contributed by atoms with Crippen LogP contribution in [0.2, 0.25) is 0 Å². The molecule has 0 spiro atoms. The Morgan fingerprint density at radius 1 is 1.38 bits per heavy atom. The van der Waals surface area contributed by atoms with Crippen LogP contribution in [0, 0.1) is 0 Å². The normalized spacial score (nSPS) is 10.0. The van der Waals surface area contributed by atoms with Crippen LogP contribution in [0.4, 0.5) is 5.69 Å². The molecule has 1 N–H and O–H groups in total. The molecule has 0 saturated heterocycles. The lowest BCUT2D eigenvalue weighted by molar-refractivity contribution is 0.0786. The average Bonchev–Trinajstić information content (AvgIpc) is 2.54. The Morgan fingerprint density at radius 3 is 2.90 bits per heavy atom. The lowest BCUT2D eigenvalue weighted by atomic mass is 10.1. The Hall–Kier alpha value is -2.56. The summed E-state index contributed by atoms with van der Waals surface area (Å²) >= 11 is 0. The van der Waals surface area contributed by atoms with Gasteiger partial charge in [0.05, 0.1) is 24.6 Å². The molecular formula is C16H19N3O2. The predicted molar refractivity (Wildman–Crippen MR) is 82.6 cm³/mol. The molecule has 5 nitrogen and oxygen atoms in total. The van der Waals surface area contributed by atoms with E-state index in [9.17, 15) is 4.79 Å². The highest BCUT2D eigenvalue weighted by atomic mass is 16.5. The van der Waals surface area contributed by atoms with Crippen molar-refractivity contribution < 1.29 is 9.53 Å². The SMILES string of the molecule is CNc1cnccc1C(=O)N(C)Cc1cccc(OC)c1. The van der Waals surface area contributed by atoms with Gasteiger partial charge in [0.25, 0.3) is 5.91 Å². The van der Waals surface area contributed by atoms with Gasteiger partial charge >= 0.3 is 0 Å². The van der Waals surface area contributed by atoms with Gasteiger partial charge in [-0.15, -0.1) is 0 Å². The molecule has 0 fully saturated rings. The van der Waals surface area contributed by atoms with Crippen molar-refractivity contribution in [2.24, 2.45) is 0 Å². The number of rotatable bonds is 5. The molecule has 2 aromatic rings. The standard InChI is InChI=1S/C16H19N3O2/c1-17-15-10-18-8-7-14(15)16(20)19(2)11-12-5-4-6-13(9-12)21-3/h4-10,17H,11H2,1-3H3. The zero-order valence-corrected chi connectivity index (χ0v) is 12.5. The summed E-state index contributed by atoms with van der Waals surface area (Å²) in [4.78, 5) is 18.2. The van der Waals surface area contributed by atoms with Crippen molar-refractivity contribution in [3.8, 4) is 5.75 Å². The number of hydrogen-bond acceptors (Lipinski definition) is 4. The van der Waals surface area contributed by atoms with Crippen LogP contribution in [0.15, 0.2) is 42.7 Å². The number of benzene rings is 1. The number of aromatic nitrogens is 1. The van der Waals surface area contributed by atoms with Crippen LogP contribution >= 0.6 is 0 Å². The van der Waals surface area contributed by atoms with Crippen LogP contribution in [0.25, 0.3) is 0 Å². The maximum Gasteiger partial charge on any atom is 0.256 e. The van der Waals surface area contributed by atoms with Crippen molar-refractivity contribution in [1.82, 2.24) is 9.88 Å². The highest BCUT2D eigenvalue weighted by Gasteiger charge is 2.15. The Morgan fingerprint density at radius 2 is 2.19 bits per heavy atom. The number of anilines is 1. The van der Waals surface area contributed by atoms with Gasteiger partial charge in [0, 0.05) is 26.8 Å². The maximum atomic E-state index is 12.5. The number of methoxy groups -OCH3 is 1. The summed E-state index contributed by atoms with van der Waals surface area (Å²) in [6.45, 7) is 0.515. The number of carbonyl (C=O) groups excluding carboxylic acids is 1. The van der Waals surface area contributed by atoms with E-state index in [2.05, 4.69) is 10.3 Å². The van der Waals surface area contributed by atoms with Crippen LogP contribution in [0.1, 0.15) is 15.9 Å². The van der Waals surface area contributed by atoms with Gasteiger partial charge in [0.15, 0.2) is 0 Å². The van der Waals surface area contributed by atoms with Gasteiger partial charge < -0.3 is 15.0 Å². The largest absolute Gasteiger partial charge is 0.497 e. The van der Waals surface area contributed by atoms with E-state index in [0.717, 1.165) is 17.0 Å². The van der Waals surface area contributed by atoms with Gasteiger partial charge in [-0.2, -0.15) is 0 Å². The molecule has 5 heteroatoms. The van der Waals surface area contributed by atoms with E-state index < -0.39 is 0 Å². The molecule has 2 rings (SSSR count). The Bertz CT molecular complexity index is 628. The zero-order valence-electron chi connectivity index (χ0n) is 12.5. The number of amides is 1. The van der Waals surface area contributed by atoms with E-state index >= 15 is 0 Å². The van der Waals surface area contributed by atoms with Crippen molar-refractivity contribution in [3.05, 3.63) is 53.9 Å². The molecule has 0 aliphatic heterocycles. The maximum absolute atomic E-state index is 12.5. The topological polar surface area (TPSA) is 54.5 Å². The molecule has 1 amide bonds. The number of hydrogen-bond donors (Lipinski definition) is 1. The lowest BCUT2D eigenvalue weighted by Crippen LogP contribution is -2.27. The van der Waals surface area contributed by atoms with Crippen LogP contribution < -0.4 is 10.1 Å². The van der Waals surface area contributed by atoms with E-state index in [1.54, 1.807) is 44.6 Å². The third-order valence-corrected chi connectivity index (χ3v) is 3.22. The van der Waals surface area contributed by atoms with E-state index in [1.807, 2.05) is 24.3 Å². The van der Waals surface area contributed by atoms with Gasteiger partial charge in [-0.1, -0.05) is 12.1 Å². The first-order valence-electron chi connectivity index (χ1n) is 6.66. The molecule has 0 aliphatic carbocycles. The highest BCUT2D eigenvalue weighted by Crippen LogP contribution is 2.18. The smallest absolute Gasteiger partial charge is 0.256 e. The number of nitrogens with zero attached hydrogens (tertiary/aromatic N) is 2. The fraction of sp³-hybridized carbons (Fsp3) is 0.250. The zero-order chi connectivity index (χ0) is 15.2. The highest BCUT2D eigenvalue weighted by molar-refractivity contribution is 5.99. The second-order valence-electron chi connectivity index (χ2n) is 4.68. The monoisotopic (exact) mass is 285 g/mol. The fourth-order valence-corrected chi connectivity index (χ4v) is 2.10. The summed E-state index contributed by atoms with van der Waals surface area (Å²) in [5, 5.41) is 2.98. The van der Waals surface area contributed by atoms with Crippen LogP contribution in [-0.2, 0) is 6.54 Å². The van der Waals surface area contributed by atoms with Crippen molar-refractivity contribution in [2.45, 2.75) is 6.54 Å².